The minimum absolute atomic E-state index is 0.491. The Hall–Kier alpha value is -2.70. The van der Waals surface area contributed by atoms with E-state index in [1.165, 1.54) is 4.63 Å². The molecule has 0 radical (unpaired) electrons. The molecule has 7 nitrogen and oxygen atoms in total. The fourth-order valence-electron chi connectivity index (χ4n) is 1.98. The summed E-state index contributed by atoms with van der Waals surface area (Å²) in [5, 5.41) is 18.7. The molecule has 0 bridgehead atoms. The van der Waals surface area contributed by atoms with Gasteiger partial charge in [0.05, 0.1) is 6.61 Å². The van der Waals surface area contributed by atoms with Crippen molar-refractivity contribution in [3.8, 4) is 5.75 Å². The zero-order valence-corrected chi connectivity index (χ0v) is 12.6. The minimum atomic E-state index is 0.491. The Kier molecular flexibility index (Phi) is 4.13. The number of nitrogens with one attached hydrogen (secondary N) is 1. The van der Waals surface area contributed by atoms with Crippen LogP contribution < -0.4 is 10.1 Å². The molecule has 0 fully saturated rings. The topological polar surface area (TPSA) is 77.2 Å². The maximum Gasteiger partial charge on any atom is 0.200 e. The summed E-state index contributed by atoms with van der Waals surface area (Å²) in [6.07, 6.45) is 0. The second kappa shape index (κ2) is 6.38. The summed E-state index contributed by atoms with van der Waals surface area (Å²) in [4.78, 5) is 0. The van der Waals surface area contributed by atoms with Gasteiger partial charge in [-0.3, -0.25) is 0 Å². The average Bonchev–Trinajstić information content (AvgIpc) is 2.99. The highest BCUT2D eigenvalue weighted by Gasteiger charge is 2.05. The van der Waals surface area contributed by atoms with Crippen LogP contribution in [0.1, 0.15) is 19.4 Å². The normalized spacial score (nSPS) is 11.0. The second-order valence-corrected chi connectivity index (χ2v) is 5.41. The van der Waals surface area contributed by atoms with Gasteiger partial charge in [-0.1, -0.05) is 32.0 Å². The number of nitrogens with zero attached hydrogens (tertiary/aromatic N) is 5. The van der Waals surface area contributed by atoms with E-state index in [-0.39, 0.29) is 0 Å². The van der Waals surface area contributed by atoms with Crippen molar-refractivity contribution >= 4 is 11.5 Å². The lowest BCUT2D eigenvalue weighted by molar-refractivity contribution is 0.269. The summed E-state index contributed by atoms with van der Waals surface area (Å²) in [5.41, 5.74) is 1.70. The Morgan fingerprint density at radius 2 is 2.05 bits per heavy atom. The number of para-hydroxylation sites is 1. The van der Waals surface area contributed by atoms with Crippen molar-refractivity contribution < 1.29 is 4.74 Å². The molecular weight excluding hydrogens is 280 g/mol. The summed E-state index contributed by atoms with van der Waals surface area (Å²) in [6, 6.07) is 11.7. The average molecular weight is 298 g/mol. The van der Waals surface area contributed by atoms with Gasteiger partial charge in [-0.15, -0.1) is 14.8 Å². The number of rotatable bonds is 6. The van der Waals surface area contributed by atoms with E-state index in [2.05, 4.69) is 39.8 Å². The molecule has 0 aliphatic heterocycles. The van der Waals surface area contributed by atoms with E-state index in [4.69, 9.17) is 4.74 Å². The van der Waals surface area contributed by atoms with E-state index in [9.17, 15) is 0 Å². The van der Waals surface area contributed by atoms with E-state index < -0.39 is 0 Å². The smallest absolute Gasteiger partial charge is 0.200 e. The lowest BCUT2D eigenvalue weighted by Gasteiger charge is -2.13. The summed E-state index contributed by atoms with van der Waals surface area (Å²) >= 11 is 0. The Balaban J connectivity index is 1.70. The summed E-state index contributed by atoms with van der Waals surface area (Å²) in [5.74, 6) is 2.09. The number of fused-ring (bicyclic) bond motifs is 1. The first-order chi connectivity index (χ1) is 10.7. The first-order valence-electron chi connectivity index (χ1n) is 7.22. The zero-order chi connectivity index (χ0) is 15.4. The van der Waals surface area contributed by atoms with Crippen LogP contribution in [0.15, 0.2) is 36.4 Å². The SMILES string of the molecule is CC(C)COc1ccccc1CNc1ccc2nnnn2n1. The van der Waals surface area contributed by atoms with Crippen molar-refractivity contribution in [2.45, 2.75) is 20.4 Å². The molecule has 0 saturated heterocycles. The third kappa shape index (κ3) is 3.30. The van der Waals surface area contributed by atoms with Crippen LogP contribution in [0.5, 0.6) is 5.75 Å². The van der Waals surface area contributed by atoms with Gasteiger partial charge in [0.1, 0.15) is 11.6 Å². The third-order valence-corrected chi connectivity index (χ3v) is 3.07. The molecule has 0 saturated carbocycles. The quantitative estimate of drug-likeness (QED) is 0.751. The molecule has 0 atom stereocenters. The highest BCUT2D eigenvalue weighted by Crippen LogP contribution is 2.19. The Morgan fingerprint density at radius 3 is 2.91 bits per heavy atom. The summed E-state index contributed by atoms with van der Waals surface area (Å²) in [6.45, 7) is 5.58. The Bertz CT molecular complexity index is 754. The molecule has 0 aliphatic rings. The lowest BCUT2D eigenvalue weighted by Crippen LogP contribution is -2.09. The molecule has 7 heteroatoms. The first kappa shape index (κ1) is 14.2. The number of anilines is 1. The fraction of sp³-hybridized carbons (Fsp3) is 0.333. The van der Waals surface area contributed by atoms with Gasteiger partial charge in [-0.05, 0) is 34.5 Å². The highest BCUT2D eigenvalue weighted by molar-refractivity contribution is 5.44. The van der Waals surface area contributed by atoms with Gasteiger partial charge >= 0.3 is 0 Å². The lowest BCUT2D eigenvalue weighted by atomic mass is 10.2. The minimum Gasteiger partial charge on any atom is -0.493 e. The summed E-state index contributed by atoms with van der Waals surface area (Å²) < 4.78 is 7.24. The van der Waals surface area contributed by atoms with Crippen LogP contribution in [0.25, 0.3) is 5.65 Å². The van der Waals surface area contributed by atoms with Crippen molar-refractivity contribution in [2.24, 2.45) is 5.92 Å². The van der Waals surface area contributed by atoms with Crippen LogP contribution in [0.3, 0.4) is 0 Å². The van der Waals surface area contributed by atoms with Gasteiger partial charge in [0, 0.05) is 12.1 Å². The molecule has 3 rings (SSSR count). The number of aromatic nitrogens is 5. The predicted octanol–water partition coefficient (Wildman–Crippen LogP) is 2.17. The fourth-order valence-corrected chi connectivity index (χ4v) is 1.98. The van der Waals surface area contributed by atoms with E-state index in [0.29, 0.717) is 30.5 Å². The molecule has 3 aromatic rings. The largest absolute Gasteiger partial charge is 0.493 e. The molecule has 1 N–H and O–H groups in total. The molecule has 2 aromatic heterocycles. The summed E-state index contributed by atoms with van der Waals surface area (Å²) in [7, 11) is 0. The molecule has 0 spiro atoms. The van der Waals surface area contributed by atoms with Gasteiger partial charge in [-0.2, -0.15) is 0 Å². The standard InChI is InChI=1S/C15H18N6O/c1-11(2)10-22-13-6-4-3-5-12(13)9-16-14-7-8-15-17-19-20-21(15)18-14/h3-8,11H,9-10H2,1-2H3,(H,16,18). The second-order valence-electron chi connectivity index (χ2n) is 5.41. The maximum absolute atomic E-state index is 5.85. The van der Waals surface area contributed by atoms with Gasteiger partial charge in [0.2, 0.25) is 0 Å². The molecular formula is C15H18N6O. The first-order valence-corrected chi connectivity index (χ1v) is 7.22. The predicted molar refractivity (Wildman–Crippen MR) is 82.7 cm³/mol. The zero-order valence-electron chi connectivity index (χ0n) is 12.6. The molecule has 2 heterocycles. The van der Waals surface area contributed by atoms with Crippen LogP contribution in [-0.4, -0.2) is 31.9 Å². The van der Waals surface area contributed by atoms with Crippen molar-refractivity contribution in [3.63, 3.8) is 0 Å². The third-order valence-electron chi connectivity index (χ3n) is 3.07. The van der Waals surface area contributed by atoms with E-state index >= 15 is 0 Å². The number of hydrogen-bond donors (Lipinski definition) is 1. The molecule has 0 unspecified atom stereocenters. The Labute approximate surface area is 128 Å². The highest BCUT2D eigenvalue weighted by atomic mass is 16.5. The van der Waals surface area contributed by atoms with Crippen LogP contribution in [0, 0.1) is 5.92 Å². The van der Waals surface area contributed by atoms with Crippen molar-refractivity contribution in [1.29, 1.82) is 0 Å². The number of tetrazole rings is 1. The number of hydrogen-bond acceptors (Lipinski definition) is 6. The van der Waals surface area contributed by atoms with Crippen LogP contribution >= 0.6 is 0 Å². The molecule has 0 amide bonds. The molecule has 0 aliphatic carbocycles. The molecule has 114 valence electrons. The number of benzene rings is 1. The Morgan fingerprint density at radius 1 is 1.18 bits per heavy atom. The van der Waals surface area contributed by atoms with E-state index in [1.807, 2.05) is 36.4 Å². The van der Waals surface area contributed by atoms with Gasteiger partial charge < -0.3 is 10.1 Å². The van der Waals surface area contributed by atoms with Gasteiger partial charge in [0.15, 0.2) is 5.65 Å². The van der Waals surface area contributed by atoms with Crippen LogP contribution in [0.2, 0.25) is 0 Å². The monoisotopic (exact) mass is 298 g/mol. The van der Waals surface area contributed by atoms with E-state index in [1.54, 1.807) is 0 Å². The van der Waals surface area contributed by atoms with Gasteiger partial charge in [0.25, 0.3) is 0 Å². The van der Waals surface area contributed by atoms with Crippen molar-refractivity contribution in [2.75, 3.05) is 11.9 Å². The van der Waals surface area contributed by atoms with Gasteiger partial charge in [-0.25, -0.2) is 0 Å². The van der Waals surface area contributed by atoms with E-state index in [0.717, 1.165) is 11.3 Å². The molecule has 1 aromatic carbocycles. The number of ether oxygens (including phenoxy) is 1. The maximum atomic E-state index is 5.85. The van der Waals surface area contributed by atoms with Crippen LogP contribution in [-0.2, 0) is 6.54 Å². The molecule has 22 heavy (non-hydrogen) atoms. The van der Waals surface area contributed by atoms with Crippen LogP contribution in [0.4, 0.5) is 5.82 Å². The van der Waals surface area contributed by atoms with Crippen molar-refractivity contribution in [3.05, 3.63) is 42.0 Å². The van der Waals surface area contributed by atoms with Crippen molar-refractivity contribution in [1.82, 2.24) is 25.3 Å².